The van der Waals surface area contributed by atoms with E-state index in [0.29, 0.717) is 17.7 Å². The molecule has 0 aliphatic carbocycles. The van der Waals surface area contributed by atoms with Crippen LogP contribution in [0.4, 0.5) is 13.2 Å². The van der Waals surface area contributed by atoms with E-state index in [9.17, 15) is 13.2 Å². The van der Waals surface area contributed by atoms with Gasteiger partial charge in [-0.1, -0.05) is 0 Å². The molecule has 1 aliphatic rings. The largest absolute Gasteiger partial charge is 0.324 e. The van der Waals surface area contributed by atoms with Crippen molar-refractivity contribution < 1.29 is 13.2 Å². The first-order valence-electron chi connectivity index (χ1n) is 8.76. The molecule has 26 heavy (non-hydrogen) atoms. The number of rotatable bonds is 4. The molecule has 0 spiro atoms. The van der Waals surface area contributed by atoms with Crippen molar-refractivity contribution in [3.05, 3.63) is 51.3 Å². The van der Waals surface area contributed by atoms with E-state index in [1.807, 2.05) is 16.2 Å². The molecule has 1 aromatic heterocycles. The van der Waals surface area contributed by atoms with Gasteiger partial charge in [0.15, 0.2) is 16.4 Å². The van der Waals surface area contributed by atoms with Crippen LogP contribution in [-0.4, -0.2) is 21.2 Å². The number of hydrogen-bond donors (Lipinski definition) is 1. The summed E-state index contributed by atoms with van der Waals surface area (Å²) in [6.45, 7) is 7.44. The number of nitrogens with one attached hydrogen (secondary N) is 1. The lowest BCUT2D eigenvalue weighted by molar-refractivity contribution is 0.426. The smallest absolute Gasteiger partial charge is 0.179 e. The summed E-state index contributed by atoms with van der Waals surface area (Å²) in [5, 5.41) is 3.44. The fourth-order valence-corrected chi connectivity index (χ4v) is 3.97. The topological polar surface area (TPSA) is 21.9 Å². The minimum Gasteiger partial charge on any atom is -0.324 e. The number of halogens is 3. The fraction of sp³-hybridized carbons (Fsp3) is 0.526. The van der Waals surface area contributed by atoms with Gasteiger partial charge in [0, 0.05) is 55.0 Å². The maximum Gasteiger partial charge on any atom is 0.179 e. The molecule has 0 bridgehead atoms. The molecule has 1 aliphatic heterocycles. The molecule has 1 N–H and O–H groups in total. The van der Waals surface area contributed by atoms with E-state index in [4.69, 9.17) is 12.2 Å². The maximum atomic E-state index is 14.2. The van der Waals surface area contributed by atoms with Crippen LogP contribution in [0.2, 0.25) is 0 Å². The highest BCUT2D eigenvalue weighted by Gasteiger charge is 2.32. The summed E-state index contributed by atoms with van der Waals surface area (Å²) in [6, 6.07) is 1.82. The van der Waals surface area contributed by atoms with Crippen LogP contribution in [-0.2, 0) is 26.4 Å². The van der Waals surface area contributed by atoms with Crippen LogP contribution < -0.4 is 5.32 Å². The molecule has 1 atom stereocenters. The van der Waals surface area contributed by atoms with Crippen molar-refractivity contribution in [3.63, 3.8) is 0 Å². The van der Waals surface area contributed by atoms with Crippen molar-refractivity contribution in [3.8, 4) is 0 Å². The quantitative estimate of drug-likeness (QED) is 0.630. The summed E-state index contributed by atoms with van der Waals surface area (Å²) in [4.78, 5) is 0. The molecule has 3 nitrogen and oxygen atoms in total. The summed E-state index contributed by atoms with van der Waals surface area (Å²) in [5.74, 6) is -3.26. The molecule has 0 fully saturated rings. The van der Waals surface area contributed by atoms with Gasteiger partial charge in [-0.05, 0) is 51.5 Å². The number of aromatic nitrogens is 2. The summed E-state index contributed by atoms with van der Waals surface area (Å²) in [5.41, 5.74) is 1.88. The van der Waals surface area contributed by atoms with Gasteiger partial charge in [-0.15, -0.1) is 0 Å². The van der Waals surface area contributed by atoms with E-state index in [-0.39, 0.29) is 11.1 Å². The highest BCUT2D eigenvalue weighted by atomic mass is 32.1. The van der Waals surface area contributed by atoms with Gasteiger partial charge in [-0.25, -0.2) is 13.2 Å². The van der Waals surface area contributed by atoms with E-state index in [0.717, 1.165) is 36.5 Å². The van der Waals surface area contributed by atoms with Gasteiger partial charge in [0.2, 0.25) is 0 Å². The molecule has 3 rings (SSSR count). The zero-order chi connectivity index (χ0) is 19.2. The number of imidazole rings is 1. The lowest BCUT2D eigenvalue weighted by atomic mass is 9.95. The van der Waals surface area contributed by atoms with E-state index in [1.54, 1.807) is 0 Å². The minimum absolute atomic E-state index is 0.00856. The average molecular weight is 383 g/mol. The van der Waals surface area contributed by atoms with Crippen molar-refractivity contribution in [2.75, 3.05) is 6.54 Å². The van der Waals surface area contributed by atoms with E-state index < -0.39 is 23.4 Å². The molecule has 2 aromatic rings. The molecule has 1 aromatic carbocycles. The minimum atomic E-state index is -1.09. The number of fused-ring (bicyclic) bond motifs is 1. The zero-order valence-electron chi connectivity index (χ0n) is 15.5. The van der Waals surface area contributed by atoms with Crippen LogP contribution in [0.5, 0.6) is 0 Å². The van der Waals surface area contributed by atoms with Gasteiger partial charge in [0.25, 0.3) is 0 Å². The summed E-state index contributed by atoms with van der Waals surface area (Å²) >= 11 is 5.50. The average Bonchev–Trinajstić information content (AvgIpc) is 3.05. The van der Waals surface area contributed by atoms with Gasteiger partial charge in [0.05, 0.1) is 0 Å². The molecular weight excluding hydrogens is 359 g/mol. The molecule has 0 amide bonds. The lowest BCUT2D eigenvalue weighted by Gasteiger charge is -2.20. The van der Waals surface area contributed by atoms with Crippen molar-refractivity contribution in [1.29, 1.82) is 0 Å². The van der Waals surface area contributed by atoms with Gasteiger partial charge in [-0.3, -0.25) is 0 Å². The predicted octanol–water partition coefficient (Wildman–Crippen LogP) is 4.24. The SMILES string of the molecule is Cn1c(CCNC(C)(C)C)c2n(c1=S)C[C@@H](c1c(F)ccc(F)c1F)C2. The summed E-state index contributed by atoms with van der Waals surface area (Å²) in [6.07, 6.45) is 1.22. The third-order valence-electron chi connectivity index (χ3n) is 4.93. The first-order valence-corrected chi connectivity index (χ1v) is 9.16. The van der Waals surface area contributed by atoms with Crippen LogP contribution in [0.1, 0.15) is 43.6 Å². The van der Waals surface area contributed by atoms with Crippen LogP contribution >= 0.6 is 12.2 Å². The molecule has 7 heteroatoms. The van der Waals surface area contributed by atoms with Crippen LogP contribution in [0, 0.1) is 22.2 Å². The Labute approximate surface area is 156 Å². The molecule has 0 unspecified atom stereocenters. The standard InChI is InChI=1S/C19H24F3N3S/c1-19(2,3)23-8-7-14-15-9-11(10-25(15)18(26)24(14)4)16-12(20)5-6-13(21)17(16)22/h5-6,11,23H,7-10H2,1-4H3/t11-/m0/s1. The Kier molecular flexibility index (Phi) is 5.05. The highest BCUT2D eigenvalue weighted by molar-refractivity contribution is 7.71. The van der Waals surface area contributed by atoms with Gasteiger partial charge >= 0.3 is 0 Å². The van der Waals surface area contributed by atoms with E-state index >= 15 is 0 Å². The first-order chi connectivity index (χ1) is 12.1. The van der Waals surface area contributed by atoms with Crippen LogP contribution in [0.3, 0.4) is 0 Å². The second-order valence-corrected chi connectivity index (χ2v) is 8.30. The Bertz CT molecular complexity index is 893. The third kappa shape index (κ3) is 3.47. The fourth-order valence-electron chi connectivity index (χ4n) is 3.67. The second-order valence-electron chi connectivity index (χ2n) is 7.93. The molecule has 0 radical (unpaired) electrons. The van der Waals surface area contributed by atoms with Gasteiger partial charge < -0.3 is 14.5 Å². The van der Waals surface area contributed by atoms with Crippen molar-refractivity contribution in [2.45, 2.75) is 51.6 Å². The van der Waals surface area contributed by atoms with E-state index in [2.05, 4.69) is 26.1 Å². The normalized spacial score (nSPS) is 17.0. The number of nitrogens with zero attached hydrogens (tertiary/aromatic N) is 2. The van der Waals surface area contributed by atoms with Crippen molar-refractivity contribution in [2.24, 2.45) is 7.05 Å². The Balaban J connectivity index is 1.89. The third-order valence-corrected chi connectivity index (χ3v) is 5.42. The molecule has 142 valence electrons. The Morgan fingerprint density at radius 1 is 1.19 bits per heavy atom. The number of benzene rings is 1. The molecular formula is C19H24F3N3S. The van der Waals surface area contributed by atoms with Gasteiger partial charge in [0.1, 0.15) is 5.82 Å². The highest BCUT2D eigenvalue weighted by Crippen LogP contribution is 2.35. The lowest BCUT2D eigenvalue weighted by Crippen LogP contribution is -2.37. The summed E-state index contributed by atoms with van der Waals surface area (Å²) < 4.78 is 46.5. The van der Waals surface area contributed by atoms with E-state index in [1.165, 1.54) is 0 Å². The van der Waals surface area contributed by atoms with Crippen molar-refractivity contribution in [1.82, 2.24) is 14.5 Å². The predicted molar refractivity (Wildman–Crippen MR) is 98.5 cm³/mol. The second kappa shape index (κ2) is 6.85. The Morgan fingerprint density at radius 3 is 2.50 bits per heavy atom. The zero-order valence-corrected chi connectivity index (χ0v) is 16.3. The first kappa shape index (κ1) is 19.2. The maximum absolute atomic E-state index is 14.2. The summed E-state index contributed by atoms with van der Waals surface area (Å²) in [7, 11) is 1.92. The molecule has 2 heterocycles. The monoisotopic (exact) mass is 383 g/mol. The van der Waals surface area contributed by atoms with Gasteiger partial charge in [-0.2, -0.15) is 0 Å². The van der Waals surface area contributed by atoms with Crippen molar-refractivity contribution >= 4 is 12.2 Å². The van der Waals surface area contributed by atoms with Crippen LogP contribution in [0.15, 0.2) is 12.1 Å². The molecule has 0 saturated carbocycles. The Morgan fingerprint density at radius 2 is 1.85 bits per heavy atom. The van der Waals surface area contributed by atoms with Crippen LogP contribution in [0.25, 0.3) is 0 Å². The Hall–Kier alpha value is -1.60. The number of hydrogen-bond acceptors (Lipinski definition) is 2. The molecule has 0 saturated heterocycles.